The van der Waals surface area contributed by atoms with Gasteiger partial charge in [0.05, 0.1) is 9.50 Å². The molecule has 0 bridgehead atoms. The molecule has 0 unspecified atom stereocenters. The molecule has 0 spiro atoms. The minimum absolute atomic E-state index is 0.0781. The van der Waals surface area contributed by atoms with Crippen LogP contribution in [0.25, 0.3) is 0 Å². The predicted octanol–water partition coefficient (Wildman–Crippen LogP) is 3.38. The highest BCUT2D eigenvalue weighted by molar-refractivity contribution is 9.10. The van der Waals surface area contributed by atoms with Crippen LogP contribution in [0.1, 0.15) is 0 Å². The van der Waals surface area contributed by atoms with E-state index in [-0.39, 0.29) is 9.50 Å². The molecule has 10 heavy (non-hydrogen) atoms. The molecule has 0 aromatic heterocycles. The second-order valence-corrected chi connectivity index (χ2v) is 2.92. The normalized spacial score (nSPS) is 10.0. The fraction of sp³-hybridized carbons (Fsp3) is 0. The number of hydrogen-bond acceptors (Lipinski definition) is 0. The Hall–Kier alpha value is -0.150. The van der Waals surface area contributed by atoms with Crippen LogP contribution < -0.4 is 0 Å². The van der Waals surface area contributed by atoms with Crippen molar-refractivity contribution in [2.75, 3.05) is 0 Å². The maximum absolute atomic E-state index is 12.5. The van der Waals surface area contributed by atoms with E-state index in [2.05, 4.69) is 15.9 Å². The molecular formula is C6H2BrClF2. The maximum Gasteiger partial charge on any atom is 0.178 e. The quantitative estimate of drug-likeness (QED) is 0.471. The van der Waals surface area contributed by atoms with Crippen molar-refractivity contribution in [1.29, 1.82) is 0 Å². The van der Waals surface area contributed by atoms with Crippen LogP contribution in [0.4, 0.5) is 8.78 Å². The molecule has 1 aromatic rings. The van der Waals surface area contributed by atoms with Gasteiger partial charge in [0, 0.05) is 0 Å². The van der Waals surface area contributed by atoms with Crippen molar-refractivity contribution in [3.05, 3.63) is 33.3 Å². The van der Waals surface area contributed by atoms with E-state index in [1.165, 1.54) is 12.1 Å². The summed E-state index contributed by atoms with van der Waals surface area (Å²) in [6, 6.07) is 2.63. The monoisotopic (exact) mass is 226 g/mol. The van der Waals surface area contributed by atoms with Gasteiger partial charge in [0.25, 0.3) is 0 Å². The Morgan fingerprint density at radius 2 is 1.80 bits per heavy atom. The van der Waals surface area contributed by atoms with Crippen molar-refractivity contribution in [3.8, 4) is 0 Å². The molecule has 0 N–H and O–H groups in total. The zero-order valence-electron chi connectivity index (χ0n) is 4.67. The van der Waals surface area contributed by atoms with Gasteiger partial charge in [-0.25, -0.2) is 8.78 Å². The highest BCUT2D eigenvalue weighted by Gasteiger charge is 2.08. The van der Waals surface area contributed by atoms with Gasteiger partial charge in [-0.1, -0.05) is 11.6 Å². The summed E-state index contributed by atoms with van der Waals surface area (Å²) in [7, 11) is 0. The Labute approximate surface area is 69.9 Å². The van der Waals surface area contributed by atoms with Gasteiger partial charge in [0.2, 0.25) is 0 Å². The molecule has 0 fully saturated rings. The highest BCUT2D eigenvalue weighted by Crippen LogP contribution is 2.23. The number of halogens is 4. The third kappa shape index (κ3) is 1.30. The van der Waals surface area contributed by atoms with E-state index in [4.69, 9.17) is 11.6 Å². The van der Waals surface area contributed by atoms with Gasteiger partial charge in [-0.2, -0.15) is 0 Å². The van der Waals surface area contributed by atoms with Crippen LogP contribution >= 0.6 is 27.5 Å². The lowest BCUT2D eigenvalue weighted by Gasteiger charge is -1.96. The predicted molar refractivity (Wildman–Crippen MR) is 39.1 cm³/mol. The fourth-order valence-electron chi connectivity index (χ4n) is 0.502. The molecule has 0 radical (unpaired) electrons. The van der Waals surface area contributed by atoms with Gasteiger partial charge < -0.3 is 0 Å². The molecule has 0 heterocycles. The SMILES string of the molecule is Fc1c(Cl)ccc(Br)c1F. The zero-order valence-corrected chi connectivity index (χ0v) is 7.01. The van der Waals surface area contributed by atoms with Crippen LogP contribution in [0.5, 0.6) is 0 Å². The Bertz CT molecular complexity index is 235. The van der Waals surface area contributed by atoms with E-state index in [9.17, 15) is 8.78 Å². The summed E-state index contributed by atoms with van der Waals surface area (Å²) in [5, 5.41) is -0.208. The minimum atomic E-state index is -1.02. The Morgan fingerprint density at radius 3 is 2.30 bits per heavy atom. The van der Waals surface area contributed by atoms with Crippen molar-refractivity contribution in [2.24, 2.45) is 0 Å². The first-order valence-electron chi connectivity index (χ1n) is 2.42. The van der Waals surface area contributed by atoms with Crippen LogP contribution in [-0.4, -0.2) is 0 Å². The molecule has 4 heteroatoms. The van der Waals surface area contributed by atoms with Gasteiger partial charge in [-0.05, 0) is 28.1 Å². The third-order valence-corrected chi connectivity index (χ3v) is 1.89. The van der Waals surface area contributed by atoms with Crippen molar-refractivity contribution < 1.29 is 8.78 Å². The molecular weight excluding hydrogens is 225 g/mol. The summed E-state index contributed by atoms with van der Waals surface area (Å²) >= 11 is 8.06. The molecule has 54 valence electrons. The van der Waals surface area contributed by atoms with Crippen LogP contribution in [0.3, 0.4) is 0 Å². The Kier molecular flexibility index (Phi) is 2.26. The number of benzene rings is 1. The largest absolute Gasteiger partial charge is 0.202 e. The van der Waals surface area contributed by atoms with Crippen LogP contribution in [0.2, 0.25) is 5.02 Å². The zero-order chi connectivity index (χ0) is 7.72. The van der Waals surface area contributed by atoms with Gasteiger partial charge in [-0.3, -0.25) is 0 Å². The van der Waals surface area contributed by atoms with Crippen molar-refractivity contribution in [2.45, 2.75) is 0 Å². The van der Waals surface area contributed by atoms with Gasteiger partial charge in [0.15, 0.2) is 11.6 Å². The average Bonchev–Trinajstić information content (AvgIpc) is 1.93. The molecule has 0 saturated heterocycles. The van der Waals surface area contributed by atoms with Gasteiger partial charge in [-0.15, -0.1) is 0 Å². The Balaban J connectivity index is 3.34. The van der Waals surface area contributed by atoms with E-state index in [1.807, 2.05) is 0 Å². The van der Waals surface area contributed by atoms with Crippen LogP contribution in [0.15, 0.2) is 16.6 Å². The van der Waals surface area contributed by atoms with Crippen molar-refractivity contribution in [3.63, 3.8) is 0 Å². The Morgan fingerprint density at radius 1 is 1.20 bits per heavy atom. The maximum atomic E-state index is 12.5. The third-order valence-electron chi connectivity index (χ3n) is 0.988. The first-order chi connectivity index (χ1) is 4.63. The van der Waals surface area contributed by atoms with Crippen LogP contribution in [0, 0.1) is 11.6 Å². The summed E-state index contributed by atoms with van der Waals surface area (Å²) in [4.78, 5) is 0. The number of hydrogen-bond donors (Lipinski definition) is 0. The second kappa shape index (κ2) is 2.84. The molecule has 1 aromatic carbocycles. The van der Waals surface area contributed by atoms with E-state index in [1.54, 1.807) is 0 Å². The summed E-state index contributed by atoms with van der Waals surface area (Å²) in [5.41, 5.74) is 0. The second-order valence-electron chi connectivity index (χ2n) is 1.66. The van der Waals surface area contributed by atoms with Crippen molar-refractivity contribution in [1.82, 2.24) is 0 Å². The van der Waals surface area contributed by atoms with E-state index < -0.39 is 11.6 Å². The lowest BCUT2D eigenvalue weighted by molar-refractivity contribution is 0.504. The lowest BCUT2D eigenvalue weighted by Crippen LogP contribution is -1.85. The minimum Gasteiger partial charge on any atom is -0.202 e. The van der Waals surface area contributed by atoms with E-state index in [0.717, 1.165) is 0 Å². The summed E-state index contributed by atoms with van der Waals surface area (Å²) in [6.45, 7) is 0. The number of rotatable bonds is 0. The summed E-state index contributed by atoms with van der Waals surface area (Å²) in [6.07, 6.45) is 0. The van der Waals surface area contributed by atoms with Crippen molar-refractivity contribution >= 4 is 27.5 Å². The summed E-state index contributed by atoms with van der Waals surface area (Å²) < 4.78 is 25.0. The van der Waals surface area contributed by atoms with E-state index in [0.29, 0.717) is 0 Å². The standard InChI is InChI=1S/C6H2BrClF2/c7-3-1-2-4(8)6(10)5(3)9/h1-2H. The van der Waals surface area contributed by atoms with Gasteiger partial charge in [0.1, 0.15) is 0 Å². The molecule has 0 saturated carbocycles. The molecule has 0 aliphatic rings. The fourth-order valence-corrected chi connectivity index (χ4v) is 0.955. The molecule has 1 rings (SSSR count). The highest BCUT2D eigenvalue weighted by atomic mass is 79.9. The molecule has 0 amide bonds. The van der Waals surface area contributed by atoms with Crippen LogP contribution in [-0.2, 0) is 0 Å². The first-order valence-corrected chi connectivity index (χ1v) is 3.59. The molecule has 0 aliphatic carbocycles. The summed E-state index contributed by atoms with van der Waals surface area (Å²) in [5.74, 6) is -1.97. The van der Waals surface area contributed by atoms with Gasteiger partial charge >= 0.3 is 0 Å². The molecule has 0 atom stereocenters. The smallest absolute Gasteiger partial charge is 0.178 e. The topological polar surface area (TPSA) is 0 Å². The first kappa shape index (κ1) is 7.95. The molecule has 0 aliphatic heterocycles. The van der Waals surface area contributed by atoms with E-state index >= 15 is 0 Å². The lowest BCUT2D eigenvalue weighted by atomic mass is 10.3. The average molecular weight is 227 g/mol. The molecule has 0 nitrogen and oxygen atoms in total.